The van der Waals surface area contributed by atoms with Gasteiger partial charge in [0.2, 0.25) is 11.8 Å². The molecule has 1 amide bonds. The number of nitrogens with zero attached hydrogens (tertiary/aromatic N) is 2. The summed E-state index contributed by atoms with van der Waals surface area (Å²) in [4.78, 5) is 19.7. The van der Waals surface area contributed by atoms with Gasteiger partial charge in [-0.3, -0.25) is 9.78 Å². The molecule has 0 aliphatic rings. The third-order valence-corrected chi connectivity index (χ3v) is 2.67. The third kappa shape index (κ3) is 3.41. The number of carbonyl (C=O) groups is 1. The van der Waals surface area contributed by atoms with Crippen molar-refractivity contribution in [1.82, 2.24) is 15.3 Å². The van der Waals surface area contributed by atoms with Gasteiger partial charge in [-0.2, -0.15) is 0 Å². The van der Waals surface area contributed by atoms with E-state index in [1.165, 1.54) is 6.08 Å². The van der Waals surface area contributed by atoms with Crippen molar-refractivity contribution in [2.75, 3.05) is 7.11 Å². The van der Waals surface area contributed by atoms with Crippen LogP contribution in [0.15, 0.2) is 49.2 Å². The topological polar surface area (TPSA) is 64.1 Å². The Hall–Kier alpha value is -2.69. The lowest BCUT2D eigenvalue weighted by molar-refractivity contribution is -0.116. The molecule has 0 aromatic carbocycles. The Labute approximate surface area is 117 Å². The van der Waals surface area contributed by atoms with Crippen molar-refractivity contribution >= 4 is 5.91 Å². The SMILES string of the molecule is C=CC(=O)NCc1ccc(-c2cccc(OC)n2)nc1. The average Bonchev–Trinajstić information content (AvgIpc) is 2.53. The maximum atomic E-state index is 11.1. The normalized spacial score (nSPS) is 9.85. The molecular weight excluding hydrogens is 254 g/mol. The van der Waals surface area contributed by atoms with Crippen LogP contribution >= 0.6 is 0 Å². The van der Waals surface area contributed by atoms with Crippen LogP contribution in [0.4, 0.5) is 0 Å². The smallest absolute Gasteiger partial charge is 0.243 e. The number of pyridine rings is 2. The van der Waals surface area contributed by atoms with Crippen molar-refractivity contribution in [3.8, 4) is 17.3 Å². The van der Waals surface area contributed by atoms with Gasteiger partial charge in [-0.15, -0.1) is 0 Å². The zero-order valence-corrected chi connectivity index (χ0v) is 11.2. The molecule has 5 heteroatoms. The van der Waals surface area contributed by atoms with Gasteiger partial charge in [0.15, 0.2) is 0 Å². The number of carbonyl (C=O) groups excluding carboxylic acids is 1. The Balaban J connectivity index is 2.11. The first-order valence-corrected chi connectivity index (χ1v) is 6.09. The standard InChI is InChI=1S/C15H15N3O2/c1-3-14(19)17-10-11-7-8-12(16-9-11)13-5-4-6-15(18-13)20-2/h3-9H,1,10H2,2H3,(H,17,19). The molecule has 2 rings (SSSR count). The summed E-state index contributed by atoms with van der Waals surface area (Å²) in [6.07, 6.45) is 2.95. The molecule has 0 saturated carbocycles. The molecule has 0 saturated heterocycles. The summed E-state index contributed by atoms with van der Waals surface area (Å²) in [6.45, 7) is 3.82. The molecule has 2 aromatic rings. The molecule has 5 nitrogen and oxygen atoms in total. The van der Waals surface area contributed by atoms with Crippen LogP contribution in [0.25, 0.3) is 11.4 Å². The number of methoxy groups -OCH3 is 1. The lowest BCUT2D eigenvalue weighted by Gasteiger charge is -2.05. The molecular formula is C15H15N3O2. The summed E-state index contributed by atoms with van der Waals surface area (Å²) < 4.78 is 5.08. The van der Waals surface area contributed by atoms with E-state index in [2.05, 4.69) is 21.9 Å². The Morgan fingerprint density at radius 3 is 2.85 bits per heavy atom. The Bertz CT molecular complexity index is 609. The van der Waals surface area contributed by atoms with Crippen molar-refractivity contribution in [2.45, 2.75) is 6.54 Å². The number of hydrogen-bond acceptors (Lipinski definition) is 4. The van der Waals surface area contributed by atoms with E-state index in [-0.39, 0.29) is 5.91 Å². The zero-order valence-electron chi connectivity index (χ0n) is 11.2. The van der Waals surface area contributed by atoms with Gasteiger partial charge in [-0.05, 0) is 23.8 Å². The largest absolute Gasteiger partial charge is 0.481 e. The van der Waals surface area contributed by atoms with Gasteiger partial charge in [0.1, 0.15) is 0 Å². The molecule has 0 radical (unpaired) electrons. The predicted molar refractivity (Wildman–Crippen MR) is 76.1 cm³/mol. The van der Waals surface area contributed by atoms with Gasteiger partial charge in [0, 0.05) is 18.8 Å². The second kappa shape index (κ2) is 6.47. The lowest BCUT2D eigenvalue weighted by Crippen LogP contribution is -2.19. The number of hydrogen-bond donors (Lipinski definition) is 1. The quantitative estimate of drug-likeness (QED) is 0.843. The Morgan fingerprint density at radius 2 is 2.20 bits per heavy atom. The zero-order chi connectivity index (χ0) is 14.4. The van der Waals surface area contributed by atoms with Crippen LogP contribution in [0.2, 0.25) is 0 Å². The van der Waals surface area contributed by atoms with Crippen LogP contribution in [0.1, 0.15) is 5.56 Å². The molecule has 20 heavy (non-hydrogen) atoms. The van der Waals surface area contributed by atoms with E-state index < -0.39 is 0 Å². The van der Waals surface area contributed by atoms with E-state index in [0.717, 1.165) is 17.0 Å². The highest BCUT2D eigenvalue weighted by Crippen LogP contribution is 2.17. The van der Waals surface area contributed by atoms with E-state index >= 15 is 0 Å². The van der Waals surface area contributed by atoms with Crippen molar-refractivity contribution in [1.29, 1.82) is 0 Å². The van der Waals surface area contributed by atoms with Gasteiger partial charge < -0.3 is 10.1 Å². The fourth-order valence-corrected chi connectivity index (χ4v) is 1.61. The molecule has 2 aromatic heterocycles. The second-order valence-corrected chi connectivity index (χ2v) is 4.04. The Morgan fingerprint density at radius 1 is 1.35 bits per heavy atom. The number of nitrogens with one attached hydrogen (secondary N) is 1. The Kier molecular flexibility index (Phi) is 4.44. The number of amides is 1. The molecule has 0 spiro atoms. The molecule has 0 aliphatic heterocycles. The first-order valence-electron chi connectivity index (χ1n) is 6.09. The first-order chi connectivity index (χ1) is 9.72. The highest BCUT2D eigenvalue weighted by Gasteiger charge is 2.03. The molecule has 0 atom stereocenters. The first kappa shape index (κ1) is 13.7. The maximum Gasteiger partial charge on any atom is 0.243 e. The van der Waals surface area contributed by atoms with Gasteiger partial charge in [-0.25, -0.2) is 4.98 Å². The molecule has 2 heterocycles. The van der Waals surface area contributed by atoms with E-state index in [4.69, 9.17) is 4.74 Å². The van der Waals surface area contributed by atoms with Crippen LogP contribution in [0.3, 0.4) is 0 Å². The number of ether oxygens (including phenoxy) is 1. The van der Waals surface area contributed by atoms with Crippen LogP contribution < -0.4 is 10.1 Å². The molecule has 0 bridgehead atoms. The molecule has 0 fully saturated rings. The van der Waals surface area contributed by atoms with Crippen LogP contribution in [0.5, 0.6) is 5.88 Å². The van der Waals surface area contributed by atoms with Crippen LogP contribution in [0, 0.1) is 0 Å². The average molecular weight is 269 g/mol. The van der Waals surface area contributed by atoms with E-state index in [9.17, 15) is 4.79 Å². The maximum absolute atomic E-state index is 11.1. The van der Waals surface area contributed by atoms with E-state index in [1.54, 1.807) is 19.4 Å². The number of rotatable bonds is 5. The highest BCUT2D eigenvalue weighted by atomic mass is 16.5. The second-order valence-electron chi connectivity index (χ2n) is 4.04. The monoisotopic (exact) mass is 269 g/mol. The van der Waals surface area contributed by atoms with Gasteiger partial charge >= 0.3 is 0 Å². The van der Waals surface area contributed by atoms with Crippen molar-refractivity contribution < 1.29 is 9.53 Å². The summed E-state index contributed by atoms with van der Waals surface area (Å²) in [7, 11) is 1.57. The van der Waals surface area contributed by atoms with Crippen molar-refractivity contribution in [2.24, 2.45) is 0 Å². The van der Waals surface area contributed by atoms with Crippen molar-refractivity contribution in [3.63, 3.8) is 0 Å². The molecule has 102 valence electrons. The van der Waals surface area contributed by atoms with Gasteiger partial charge in [0.25, 0.3) is 0 Å². The highest BCUT2D eigenvalue weighted by molar-refractivity contribution is 5.86. The minimum atomic E-state index is -0.205. The summed E-state index contributed by atoms with van der Waals surface area (Å²) in [5.74, 6) is 0.343. The van der Waals surface area contributed by atoms with Crippen molar-refractivity contribution in [3.05, 3.63) is 54.7 Å². The summed E-state index contributed by atoms with van der Waals surface area (Å²) >= 11 is 0. The van der Waals surface area contributed by atoms with Crippen LogP contribution in [-0.2, 0) is 11.3 Å². The summed E-state index contributed by atoms with van der Waals surface area (Å²) in [6, 6.07) is 9.26. The van der Waals surface area contributed by atoms with Gasteiger partial charge in [0.05, 0.1) is 18.5 Å². The predicted octanol–water partition coefficient (Wildman–Crippen LogP) is 1.95. The molecule has 0 unspecified atom stereocenters. The van der Waals surface area contributed by atoms with E-state index in [1.807, 2.05) is 24.3 Å². The summed E-state index contributed by atoms with van der Waals surface area (Å²) in [5, 5.41) is 2.69. The molecule has 1 N–H and O–H groups in total. The summed E-state index contributed by atoms with van der Waals surface area (Å²) in [5.41, 5.74) is 2.40. The third-order valence-electron chi connectivity index (χ3n) is 2.67. The minimum absolute atomic E-state index is 0.205. The lowest BCUT2D eigenvalue weighted by atomic mass is 10.2. The molecule has 0 aliphatic carbocycles. The van der Waals surface area contributed by atoms with Crippen LogP contribution in [-0.4, -0.2) is 23.0 Å². The fourth-order valence-electron chi connectivity index (χ4n) is 1.61. The van der Waals surface area contributed by atoms with E-state index in [0.29, 0.717) is 12.4 Å². The fraction of sp³-hybridized carbons (Fsp3) is 0.133. The minimum Gasteiger partial charge on any atom is -0.481 e. The van der Waals surface area contributed by atoms with Gasteiger partial charge in [-0.1, -0.05) is 18.7 Å². The number of aromatic nitrogens is 2.